The molecule has 1 aromatic rings. The van der Waals surface area contributed by atoms with Gasteiger partial charge in [-0.3, -0.25) is 14.9 Å². The molecule has 7 heteroatoms. The van der Waals surface area contributed by atoms with Crippen LogP contribution >= 0.6 is 11.8 Å². The number of esters is 1. The first kappa shape index (κ1) is 19.0. The van der Waals surface area contributed by atoms with E-state index in [1.165, 1.54) is 11.8 Å². The van der Waals surface area contributed by atoms with Gasteiger partial charge in [-0.15, -0.1) is 11.8 Å². The summed E-state index contributed by atoms with van der Waals surface area (Å²) >= 11 is 1.35. The third-order valence-corrected chi connectivity index (χ3v) is 4.19. The van der Waals surface area contributed by atoms with E-state index in [2.05, 4.69) is 0 Å². The second kappa shape index (κ2) is 8.57. The zero-order valence-electron chi connectivity index (χ0n) is 13.7. The van der Waals surface area contributed by atoms with Gasteiger partial charge in [-0.2, -0.15) is 0 Å². The van der Waals surface area contributed by atoms with Crippen molar-refractivity contribution in [3.05, 3.63) is 29.3 Å². The van der Waals surface area contributed by atoms with Gasteiger partial charge in [0.2, 0.25) is 0 Å². The molecule has 0 fully saturated rings. The number of carbonyl (C=O) groups is 3. The maximum absolute atomic E-state index is 12.0. The van der Waals surface area contributed by atoms with Crippen molar-refractivity contribution >= 4 is 29.7 Å². The van der Waals surface area contributed by atoms with E-state index in [-0.39, 0.29) is 11.7 Å². The van der Waals surface area contributed by atoms with E-state index in [4.69, 9.17) is 10.5 Å². The van der Waals surface area contributed by atoms with E-state index < -0.39 is 24.0 Å². The molecule has 0 radical (unpaired) electrons. The zero-order valence-corrected chi connectivity index (χ0v) is 14.5. The standard InChI is InChI=1S/C16H22N2O4S/c1-9(2)14(15(20)18-16(17)21)22-13(19)8-23-12-7-10(3)5-6-11(12)4/h5-7,9,14H,8H2,1-4H3,(H3,17,18,20,21)/t14-/m0/s1. The van der Waals surface area contributed by atoms with Gasteiger partial charge < -0.3 is 10.5 Å². The van der Waals surface area contributed by atoms with Gasteiger partial charge in [0.25, 0.3) is 5.91 Å². The van der Waals surface area contributed by atoms with Crippen molar-refractivity contribution in [1.29, 1.82) is 0 Å². The predicted molar refractivity (Wildman–Crippen MR) is 89.1 cm³/mol. The van der Waals surface area contributed by atoms with Crippen LogP contribution in [0.15, 0.2) is 23.1 Å². The molecule has 0 aliphatic rings. The summed E-state index contributed by atoms with van der Waals surface area (Å²) in [6, 6.07) is 5.01. The van der Waals surface area contributed by atoms with Crippen LogP contribution in [-0.4, -0.2) is 29.8 Å². The number of aryl methyl sites for hydroxylation is 2. The molecule has 0 bridgehead atoms. The van der Waals surface area contributed by atoms with Crippen LogP contribution in [0.4, 0.5) is 4.79 Å². The molecule has 3 amide bonds. The molecule has 0 aromatic heterocycles. The highest BCUT2D eigenvalue weighted by atomic mass is 32.2. The molecule has 0 aliphatic carbocycles. The number of nitrogens with two attached hydrogens (primary N) is 1. The first-order valence-corrected chi connectivity index (χ1v) is 8.19. The summed E-state index contributed by atoms with van der Waals surface area (Å²) in [6.07, 6.45) is -1.05. The van der Waals surface area contributed by atoms with Crippen LogP contribution < -0.4 is 11.1 Å². The molecular weight excluding hydrogens is 316 g/mol. The highest BCUT2D eigenvalue weighted by Gasteiger charge is 2.27. The molecule has 0 heterocycles. The van der Waals surface area contributed by atoms with Crippen molar-refractivity contribution in [2.24, 2.45) is 11.7 Å². The summed E-state index contributed by atoms with van der Waals surface area (Å²) in [7, 11) is 0. The Kier molecular flexibility index (Phi) is 7.09. The van der Waals surface area contributed by atoms with Crippen LogP contribution in [0.2, 0.25) is 0 Å². The second-order valence-electron chi connectivity index (χ2n) is 5.57. The Hall–Kier alpha value is -2.02. The summed E-state index contributed by atoms with van der Waals surface area (Å²) in [4.78, 5) is 35.5. The van der Waals surface area contributed by atoms with Crippen LogP contribution in [0, 0.1) is 19.8 Å². The van der Waals surface area contributed by atoms with E-state index >= 15 is 0 Å². The number of rotatable bonds is 6. The monoisotopic (exact) mass is 338 g/mol. The minimum Gasteiger partial charge on any atom is -0.451 e. The Labute approximate surface area is 140 Å². The lowest BCUT2D eigenvalue weighted by molar-refractivity contribution is -0.155. The molecule has 0 spiro atoms. The first-order valence-electron chi connectivity index (χ1n) is 7.20. The Bertz CT molecular complexity index is 602. The highest BCUT2D eigenvalue weighted by molar-refractivity contribution is 8.00. The van der Waals surface area contributed by atoms with Crippen LogP contribution in [0.5, 0.6) is 0 Å². The number of imide groups is 1. The number of amides is 3. The number of hydrogen-bond acceptors (Lipinski definition) is 5. The smallest absolute Gasteiger partial charge is 0.318 e. The largest absolute Gasteiger partial charge is 0.451 e. The molecule has 0 aliphatic heterocycles. The molecule has 6 nitrogen and oxygen atoms in total. The van der Waals surface area contributed by atoms with E-state index in [1.807, 2.05) is 37.4 Å². The van der Waals surface area contributed by atoms with Crippen molar-refractivity contribution < 1.29 is 19.1 Å². The average molecular weight is 338 g/mol. The number of benzene rings is 1. The number of urea groups is 1. The second-order valence-corrected chi connectivity index (χ2v) is 6.58. The number of nitrogens with one attached hydrogen (secondary N) is 1. The van der Waals surface area contributed by atoms with Gasteiger partial charge in [0.15, 0.2) is 6.10 Å². The minimum atomic E-state index is -1.05. The summed E-state index contributed by atoms with van der Waals surface area (Å²) in [6.45, 7) is 7.38. The first-order chi connectivity index (χ1) is 10.7. The molecule has 0 saturated carbocycles. The van der Waals surface area contributed by atoms with Crippen LogP contribution in [0.1, 0.15) is 25.0 Å². The van der Waals surface area contributed by atoms with Crippen molar-refractivity contribution in [3.63, 3.8) is 0 Å². The Morgan fingerprint density at radius 3 is 2.48 bits per heavy atom. The molecule has 23 heavy (non-hydrogen) atoms. The van der Waals surface area contributed by atoms with Gasteiger partial charge in [0, 0.05) is 4.90 Å². The van der Waals surface area contributed by atoms with Crippen molar-refractivity contribution in [1.82, 2.24) is 5.32 Å². The van der Waals surface area contributed by atoms with Gasteiger partial charge in [-0.25, -0.2) is 4.79 Å². The molecule has 3 N–H and O–H groups in total. The molecule has 1 aromatic carbocycles. The molecular formula is C16H22N2O4S. The number of hydrogen-bond donors (Lipinski definition) is 2. The quantitative estimate of drug-likeness (QED) is 0.612. The van der Waals surface area contributed by atoms with Crippen LogP contribution in [-0.2, 0) is 14.3 Å². The topological polar surface area (TPSA) is 98.5 Å². The lowest BCUT2D eigenvalue weighted by Gasteiger charge is -2.19. The number of carbonyl (C=O) groups excluding carboxylic acids is 3. The number of thioether (sulfide) groups is 1. The van der Waals surface area contributed by atoms with E-state index in [0.717, 1.165) is 16.0 Å². The molecule has 0 saturated heterocycles. The van der Waals surface area contributed by atoms with Crippen LogP contribution in [0.3, 0.4) is 0 Å². The number of ether oxygens (including phenoxy) is 1. The van der Waals surface area contributed by atoms with Gasteiger partial charge in [0.05, 0.1) is 5.75 Å². The summed E-state index contributed by atoms with van der Waals surface area (Å²) < 4.78 is 5.19. The average Bonchev–Trinajstić information content (AvgIpc) is 2.44. The normalized spacial score (nSPS) is 11.9. The van der Waals surface area contributed by atoms with E-state index in [9.17, 15) is 14.4 Å². The Morgan fingerprint density at radius 1 is 1.26 bits per heavy atom. The number of primary amides is 1. The summed E-state index contributed by atoms with van der Waals surface area (Å²) in [5.74, 6) is -1.42. The lowest BCUT2D eigenvalue weighted by atomic mass is 10.1. The zero-order chi connectivity index (χ0) is 17.6. The Balaban J connectivity index is 2.64. The minimum absolute atomic E-state index is 0.0807. The van der Waals surface area contributed by atoms with Gasteiger partial charge in [-0.1, -0.05) is 31.5 Å². The molecule has 1 atom stereocenters. The van der Waals surface area contributed by atoms with Crippen molar-refractivity contribution in [2.75, 3.05) is 5.75 Å². The molecule has 126 valence electrons. The third kappa shape index (κ3) is 6.32. The molecule has 0 unspecified atom stereocenters. The lowest BCUT2D eigenvalue weighted by Crippen LogP contribution is -2.45. The predicted octanol–water partition coefficient (Wildman–Crippen LogP) is 2.16. The van der Waals surface area contributed by atoms with E-state index in [1.54, 1.807) is 13.8 Å². The molecule has 1 rings (SSSR count). The fraction of sp³-hybridized carbons (Fsp3) is 0.438. The maximum atomic E-state index is 12.0. The highest BCUT2D eigenvalue weighted by Crippen LogP contribution is 2.24. The Morgan fingerprint density at radius 2 is 1.91 bits per heavy atom. The van der Waals surface area contributed by atoms with E-state index in [0.29, 0.717) is 0 Å². The van der Waals surface area contributed by atoms with Crippen molar-refractivity contribution in [3.8, 4) is 0 Å². The SMILES string of the molecule is Cc1ccc(C)c(SCC(=O)O[C@H](C(=O)NC(N)=O)C(C)C)c1. The van der Waals surface area contributed by atoms with Gasteiger partial charge >= 0.3 is 12.0 Å². The van der Waals surface area contributed by atoms with Gasteiger partial charge in [0.1, 0.15) is 0 Å². The maximum Gasteiger partial charge on any atom is 0.318 e. The van der Waals surface area contributed by atoms with Crippen molar-refractivity contribution in [2.45, 2.75) is 38.7 Å². The fourth-order valence-electron chi connectivity index (χ4n) is 1.86. The van der Waals surface area contributed by atoms with Crippen LogP contribution in [0.25, 0.3) is 0 Å². The van der Waals surface area contributed by atoms with Gasteiger partial charge in [-0.05, 0) is 31.4 Å². The summed E-state index contributed by atoms with van der Waals surface area (Å²) in [5.41, 5.74) is 7.09. The fourth-order valence-corrected chi connectivity index (χ4v) is 2.77. The third-order valence-electron chi connectivity index (χ3n) is 3.06. The summed E-state index contributed by atoms with van der Waals surface area (Å²) in [5, 5.41) is 1.94.